The van der Waals surface area contributed by atoms with E-state index in [4.69, 9.17) is 34.5 Å². The number of aliphatic hydroxyl groups excluding tert-OH is 1. The fourth-order valence-corrected chi connectivity index (χ4v) is 16.7. The van der Waals surface area contributed by atoms with Gasteiger partial charge in [-0.15, -0.1) is 20.4 Å². The first-order valence-corrected chi connectivity index (χ1v) is 50.8. The maximum absolute atomic E-state index is 14.8. The molecule has 8 N–H and O–H groups in total. The standard InChI is InChI=1S/C26H34FN9O2.C18H27N5O4Si.C18H29N5O2Si.C10H8FN5O2.C10H9FN2O3.C6H5FN2O2/c1-26(2)14-18(12-19-4-3-9-35(19)26)29-23-20(27)15-28-25(31-23)30-17-7-8-22(38-11-10-37)21(13-17)36-24(16-5-6-16)32-33-34-36;1-18(2,3)28(4,5)27-11-10-26-16-9-8-14(23(24)25)12-15(16)22-17(13-6-7-13)19-20-21-22;1-18(2,3)26(4,5)25-11-10-24-16-9-8-14(19)12-15(16)23-17(13-6-7-13)20-21-22-23;11-8-4-3-7(16(17)18)5-9(8)15-10(6-1-2-6)12-13-14-15;11-8-4-3-7(13(15)16)5-9(8)12-10(14)6-1-2-6;7-5-2-1-4(9(10)11)3-6(5)8/h7-8,13,15-16,18-19,37H,3-6,9-12,14H2,1-2H3,(H2,28,29,30,31);8-9,12-13H,6-7,10-11H2,1-5H3;8-9,12-13H,6-7,10-11,19H2,1-5H3;3-6H,1-2H2;3-6H,1-2H2,(H,12,14);1-3H,8H2/t18-,19+;;;;;/m1...../s1. The van der Waals surface area contributed by atoms with Crippen molar-refractivity contribution in [3.63, 3.8) is 0 Å². The van der Waals surface area contributed by atoms with Crippen molar-refractivity contribution in [2.75, 3.05) is 73.6 Å². The Bertz CT molecular complexity index is 6120. The summed E-state index contributed by atoms with van der Waals surface area (Å²) in [5.41, 5.74) is 13.3. The number of nitrogens with one attached hydrogen (secondary N) is 3. The van der Waals surface area contributed by atoms with Gasteiger partial charge in [0.25, 0.3) is 22.7 Å². The SMILES string of the molecule is CC(C)(C)[Si](C)(C)OCCOc1ccc(N)cc1-n1nnnc1C1CC1.CC(C)(C)[Si](C)(C)OCCOc1ccc([N+](=O)[O-])cc1-n1nnnc1C1CC1.CC1(C)C[C@H](Nc2nc(Nc3ccc(OCCO)c(-n4nnnc4C4CC4)c3)ncc2F)C[C@@H]2CCCN21.Nc1cc([N+](=O)[O-])ccc1F.O=C(Nc1cc([N+](=O)[O-])ccc1F)C1CC1.O=[N+]([O-])c1ccc(F)c(-n2nnnc2C2CC2)c1. The Hall–Kier alpha value is -13.7. The van der Waals surface area contributed by atoms with E-state index in [1.807, 2.05) is 30.3 Å². The van der Waals surface area contributed by atoms with Crippen molar-refractivity contribution < 1.29 is 70.2 Å². The molecule has 7 fully saturated rings. The predicted octanol–water partition coefficient (Wildman–Crippen LogP) is 15.8. The van der Waals surface area contributed by atoms with Gasteiger partial charge in [0.2, 0.25) is 11.9 Å². The fraction of sp³-hybridized carbons (Fsp3) is 0.489. The molecule has 1 amide bonds. The summed E-state index contributed by atoms with van der Waals surface area (Å²) < 4.78 is 90.4. The Morgan fingerprint density at radius 2 is 0.942 bits per heavy atom. The van der Waals surface area contributed by atoms with Crippen molar-refractivity contribution in [2.24, 2.45) is 5.92 Å². The van der Waals surface area contributed by atoms with Crippen LogP contribution in [-0.2, 0) is 13.6 Å². The number of nitrogen functional groups attached to an aromatic ring is 2. The lowest BCUT2D eigenvalue weighted by molar-refractivity contribution is -0.385. The first-order valence-electron chi connectivity index (χ1n) is 45.0. The molecule has 11 aromatic rings. The lowest BCUT2D eigenvalue weighted by atomic mass is 9.84. The number of fused-ring (bicyclic) bond motifs is 1. The van der Waals surface area contributed by atoms with Gasteiger partial charge in [-0.05, 0) is 249 Å². The van der Waals surface area contributed by atoms with Crippen LogP contribution in [0.2, 0.25) is 36.3 Å². The summed E-state index contributed by atoms with van der Waals surface area (Å²) in [4.78, 5) is 62.8. The number of hydrogen-bond donors (Lipinski definition) is 6. The number of nitro benzene ring substituents is 4. The molecule has 137 heavy (non-hydrogen) atoms. The van der Waals surface area contributed by atoms with E-state index < -0.39 is 59.6 Å². The molecule has 730 valence electrons. The normalized spacial score (nSPS) is 16.6. The van der Waals surface area contributed by atoms with Gasteiger partial charge in [0.15, 0.2) is 51.6 Å². The van der Waals surface area contributed by atoms with Gasteiger partial charge >= 0.3 is 0 Å². The molecule has 18 rings (SSSR count). The lowest BCUT2D eigenvalue weighted by Gasteiger charge is -2.47. The van der Waals surface area contributed by atoms with Gasteiger partial charge < -0.3 is 55.6 Å². The van der Waals surface area contributed by atoms with Crippen molar-refractivity contribution in [3.05, 3.63) is 202 Å². The molecule has 43 nitrogen and oxygen atoms in total. The zero-order valence-corrected chi connectivity index (χ0v) is 80.0. The van der Waals surface area contributed by atoms with Gasteiger partial charge in [-0.2, -0.15) is 23.7 Å². The summed E-state index contributed by atoms with van der Waals surface area (Å²) in [5, 5.41) is 108. The third kappa shape index (κ3) is 26.3. The number of nitrogens with zero attached hydrogens (tertiary/aromatic N) is 23. The number of piperidine rings is 1. The summed E-state index contributed by atoms with van der Waals surface area (Å²) in [5.74, 6) is 3.70. The largest absolute Gasteiger partial charge is 0.489 e. The van der Waals surface area contributed by atoms with E-state index in [0.717, 1.165) is 156 Å². The predicted molar refractivity (Wildman–Crippen MR) is 500 cm³/mol. The number of aliphatic hydroxyl groups is 1. The van der Waals surface area contributed by atoms with Crippen LogP contribution in [0.5, 0.6) is 17.2 Å². The summed E-state index contributed by atoms with van der Waals surface area (Å²) in [7, 11) is -3.63. The molecule has 49 heteroatoms. The summed E-state index contributed by atoms with van der Waals surface area (Å²) >= 11 is 0. The Morgan fingerprint density at radius 3 is 1.41 bits per heavy atom. The maximum Gasteiger partial charge on any atom is 0.271 e. The minimum absolute atomic E-state index is 0.0103. The molecule has 2 saturated heterocycles. The topological polar surface area (TPSA) is 548 Å². The van der Waals surface area contributed by atoms with Crippen molar-refractivity contribution >= 4 is 79.8 Å². The number of anilines is 6. The fourth-order valence-electron chi connectivity index (χ4n) is 14.6. The number of aromatic nitrogens is 18. The van der Waals surface area contributed by atoms with Crippen LogP contribution in [0.4, 0.5) is 74.8 Å². The van der Waals surface area contributed by atoms with Crippen LogP contribution in [0.1, 0.15) is 192 Å². The van der Waals surface area contributed by atoms with Crippen molar-refractivity contribution in [3.8, 4) is 40.0 Å². The number of amides is 1. The minimum Gasteiger partial charge on any atom is -0.489 e. The van der Waals surface area contributed by atoms with Crippen LogP contribution < -0.4 is 41.6 Å². The van der Waals surface area contributed by atoms with Gasteiger partial charge in [0.1, 0.15) is 77.3 Å². The van der Waals surface area contributed by atoms with Crippen LogP contribution >= 0.6 is 0 Å². The molecule has 2 atom stereocenters. The average molecular weight is 1930 g/mol. The Labute approximate surface area is 786 Å². The molecule has 5 aromatic heterocycles. The van der Waals surface area contributed by atoms with Gasteiger partial charge in [-0.1, -0.05) is 41.5 Å². The second kappa shape index (κ2) is 43.1. The molecule has 7 aliphatic rings. The van der Waals surface area contributed by atoms with Crippen LogP contribution in [0, 0.1) is 69.6 Å². The number of non-ortho nitro benzene ring substituents is 4. The van der Waals surface area contributed by atoms with Crippen molar-refractivity contribution in [1.82, 2.24) is 95.7 Å². The minimum atomic E-state index is -1.86. The number of ether oxygens (including phenoxy) is 3. The molecule has 6 aromatic carbocycles. The molecule has 0 unspecified atom stereocenters. The smallest absolute Gasteiger partial charge is 0.271 e. The molecule has 5 saturated carbocycles. The number of hydrogen-bond acceptors (Lipinski definition) is 34. The van der Waals surface area contributed by atoms with E-state index >= 15 is 0 Å². The molecule has 0 radical (unpaired) electrons. The molecule has 5 aliphatic carbocycles. The van der Waals surface area contributed by atoms with Crippen molar-refractivity contribution in [1.29, 1.82) is 0 Å². The van der Waals surface area contributed by atoms with Gasteiger partial charge in [-0.3, -0.25) is 50.2 Å². The monoisotopic (exact) mass is 1930 g/mol. The summed E-state index contributed by atoms with van der Waals surface area (Å²) in [6.45, 7) is 29.7. The molecular weight excluding hydrogens is 1820 g/mol. The van der Waals surface area contributed by atoms with E-state index in [1.54, 1.807) is 26.2 Å². The first kappa shape index (κ1) is 101. The second-order valence-corrected chi connectivity index (χ2v) is 47.5. The van der Waals surface area contributed by atoms with Crippen LogP contribution in [0.3, 0.4) is 0 Å². The number of rotatable bonds is 31. The Balaban J connectivity index is 0.000000144. The summed E-state index contributed by atoms with van der Waals surface area (Å²) in [6, 6.07) is 25.5. The second-order valence-electron chi connectivity index (χ2n) is 37.8. The van der Waals surface area contributed by atoms with E-state index in [1.165, 1.54) is 35.9 Å². The van der Waals surface area contributed by atoms with Crippen LogP contribution in [0.25, 0.3) is 22.7 Å². The van der Waals surface area contributed by atoms with E-state index in [9.17, 15) is 67.9 Å². The molecule has 0 spiro atoms. The number of nitro groups is 4. The average Bonchev–Trinajstić information content (AvgIpc) is 1.65. The highest BCUT2D eigenvalue weighted by molar-refractivity contribution is 6.74. The van der Waals surface area contributed by atoms with Gasteiger partial charge in [0.05, 0.1) is 57.1 Å². The first-order chi connectivity index (χ1) is 65.0. The number of nitrogens with two attached hydrogens (primary N) is 2. The molecule has 2 aliphatic heterocycles. The Kier molecular flexibility index (Phi) is 31.7. The van der Waals surface area contributed by atoms with Crippen molar-refractivity contribution in [2.45, 2.75) is 223 Å². The molecule has 7 heterocycles. The maximum atomic E-state index is 14.8. The highest BCUT2D eigenvalue weighted by atomic mass is 28.4. The van der Waals surface area contributed by atoms with Gasteiger partial charge in [0, 0.05) is 107 Å². The molecular formula is C88H112F4N28O15Si2. The zero-order chi connectivity index (χ0) is 98.6. The number of carbonyl (C=O) groups is 1. The number of carbonyl (C=O) groups excluding carboxylic acids is 1. The van der Waals surface area contributed by atoms with Gasteiger partial charge in [-0.25, -0.2) is 22.5 Å². The van der Waals surface area contributed by atoms with E-state index in [0.29, 0.717) is 102 Å². The van der Waals surface area contributed by atoms with E-state index in [2.05, 4.69) is 174 Å². The number of tetrazole rings is 4. The Morgan fingerprint density at radius 1 is 0.518 bits per heavy atom. The third-order valence-corrected chi connectivity index (χ3v) is 33.9. The zero-order valence-electron chi connectivity index (χ0n) is 78.0. The third-order valence-electron chi connectivity index (χ3n) is 24.8. The number of halogens is 4. The molecule has 0 bridgehead atoms. The van der Waals surface area contributed by atoms with E-state index in [-0.39, 0.29) is 104 Å². The highest BCUT2D eigenvalue weighted by Crippen LogP contribution is 2.47. The number of benzene rings is 6. The quantitative estimate of drug-likeness (QED) is 0.00587. The summed E-state index contributed by atoms with van der Waals surface area (Å²) in [6.07, 6.45) is 15.4. The van der Waals surface area contributed by atoms with Crippen LogP contribution in [-0.4, -0.2) is 207 Å². The lowest BCUT2D eigenvalue weighted by Crippen LogP contribution is -2.55. The van der Waals surface area contributed by atoms with Crippen LogP contribution in [0.15, 0.2) is 115 Å². The highest BCUT2D eigenvalue weighted by Gasteiger charge is 2.45.